The quantitative estimate of drug-likeness (QED) is 0.266. The minimum atomic E-state index is -0.542. The summed E-state index contributed by atoms with van der Waals surface area (Å²) in [5, 5.41) is 0. The highest BCUT2D eigenvalue weighted by Crippen LogP contribution is 2.45. The van der Waals surface area contributed by atoms with Crippen molar-refractivity contribution in [2.75, 3.05) is 19.6 Å². The van der Waals surface area contributed by atoms with E-state index in [0.29, 0.717) is 42.3 Å². The normalized spacial score (nSPS) is 23.0. The van der Waals surface area contributed by atoms with Crippen LogP contribution in [0, 0.1) is 19.7 Å². The van der Waals surface area contributed by atoms with Crippen molar-refractivity contribution in [1.82, 2.24) is 19.4 Å². The monoisotopic (exact) mass is 607 g/mol. The van der Waals surface area contributed by atoms with E-state index in [-0.39, 0.29) is 17.1 Å². The van der Waals surface area contributed by atoms with Gasteiger partial charge in [0.2, 0.25) is 5.91 Å². The van der Waals surface area contributed by atoms with Crippen LogP contribution in [0.15, 0.2) is 66.7 Å². The highest BCUT2D eigenvalue weighted by molar-refractivity contribution is 6.00. The molecule has 45 heavy (non-hydrogen) atoms. The molecule has 4 aromatic rings. The van der Waals surface area contributed by atoms with Crippen LogP contribution in [0.4, 0.5) is 4.39 Å². The number of primary amides is 1. The number of para-hydroxylation sites is 2. The van der Waals surface area contributed by atoms with E-state index in [1.807, 2.05) is 17.9 Å². The van der Waals surface area contributed by atoms with Crippen molar-refractivity contribution in [3.8, 4) is 0 Å². The first-order valence-electron chi connectivity index (χ1n) is 16.4. The van der Waals surface area contributed by atoms with Gasteiger partial charge in [0.15, 0.2) is 0 Å². The molecule has 1 aromatic heterocycles. The molecule has 7 rings (SSSR count). The molecule has 1 unspecified atom stereocenters. The van der Waals surface area contributed by atoms with Gasteiger partial charge >= 0.3 is 0 Å². The van der Waals surface area contributed by atoms with Crippen molar-refractivity contribution >= 4 is 22.8 Å². The van der Waals surface area contributed by atoms with Gasteiger partial charge in [-0.15, -0.1) is 0 Å². The average Bonchev–Trinajstić information content (AvgIpc) is 3.50. The van der Waals surface area contributed by atoms with Crippen LogP contribution in [0.25, 0.3) is 11.0 Å². The number of hydrogen-bond acceptors (Lipinski definition) is 4. The Hall–Kier alpha value is -4.04. The van der Waals surface area contributed by atoms with Gasteiger partial charge < -0.3 is 15.2 Å². The number of carbonyl (C=O) groups excluding carboxylic acids is 2. The van der Waals surface area contributed by atoms with Crippen molar-refractivity contribution < 1.29 is 14.0 Å². The fourth-order valence-electron chi connectivity index (χ4n) is 8.61. The number of fused-ring (bicyclic) bond motifs is 3. The first-order chi connectivity index (χ1) is 21.7. The van der Waals surface area contributed by atoms with Crippen LogP contribution in [0.1, 0.15) is 88.7 Å². The molecule has 8 heteroatoms. The predicted octanol–water partition coefficient (Wildman–Crippen LogP) is 6.32. The van der Waals surface area contributed by atoms with Gasteiger partial charge in [0.1, 0.15) is 11.6 Å². The zero-order valence-electron chi connectivity index (χ0n) is 26.2. The standard InChI is InChI=1S/C37H42FN5O2/c1-24-10-11-26(35(39)44)20-32(24)36(45)41-17-14-37(15-18-41,27-6-5-7-28(38)21-27)16-19-42-29-12-13-30(42)23-31(22-29)43-25(2)40-33-8-3-4-9-34(33)43/h3-11,20-21,29-31H,12-19,22-23H2,1-2H3,(H2,39,44)/t29-,30+,31?. The molecular formula is C37H42FN5O2. The molecule has 3 atom stereocenters. The molecule has 3 saturated heterocycles. The molecule has 4 heterocycles. The fraction of sp³-hybridized carbons (Fsp3) is 0.432. The average molecular weight is 608 g/mol. The third-order valence-corrected chi connectivity index (χ3v) is 11.0. The first kappa shape index (κ1) is 29.7. The van der Waals surface area contributed by atoms with Crippen molar-refractivity contribution in [1.29, 1.82) is 0 Å². The summed E-state index contributed by atoms with van der Waals surface area (Å²) in [6, 6.07) is 22.1. The summed E-state index contributed by atoms with van der Waals surface area (Å²) in [6.45, 7) is 6.14. The number of amides is 2. The number of aryl methyl sites for hydroxylation is 2. The summed E-state index contributed by atoms with van der Waals surface area (Å²) in [7, 11) is 0. The summed E-state index contributed by atoms with van der Waals surface area (Å²) in [6.07, 6.45) is 7.13. The van der Waals surface area contributed by atoms with Gasteiger partial charge in [-0.05, 0) is 118 Å². The van der Waals surface area contributed by atoms with E-state index in [0.717, 1.165) is 61.1 Å². The second-order valence-corrected chi connectivity index (χ2v) is 13.5. The summed E-state index contributed by atoms with van der Waals surface area (Å²) in [5.74, 6) is 0.259. The smallest absolute Gasteiger partial charge is 0.254 e. The molecule has 0 radical (unpaired) electrons. The van der Waals surface area contributed by atoms with E-state index in [1.165, 1.54) is 24.4 Å². The maximum Gasteiger partial charge on any atom is 0.254 e. The maximum atomic E-state index is 14.6. The Morgan fingerprint density at radius 1 is 0.933 bits per heavy atom. The molecule has 234 valence electrons. The number of rotatable bonds is 7. The Morgan fingerprint density at radius 2 is 1.67 bits per heavy atom. The summed E-state index contributed by atoms with van der Waals surface area (Å²) in [5.41, 5.74) is 10.3. The van der Waals surface area contributed by atoms with E-state index < -0.39 is 5.91 Å². The second-order valence-electron chi connectivity index (χ2n) is 13.5. The van der Waals surface area contributed by atoms with Crippen LogP contribution in [-0.2, 0) is 5.41 Å². The number of halogens is 1. The molecule has 2 bridgehead atoms. The van der Waals surface area contributed by atoms with Gasteiger partial charge in [-0.3, -0.25) is 14.5 Å². The molecule has 7 nitrogen and oxygen atoms in total. The summed E-state index contributed by atoms with van der Waals surface area (Å²) < 4.78 is 17.1. The Bertz CT molecular complexity index is 1740. The number of hydrogen-bond donors (Lipinski definition) is 1. The van der Waals surface area contributed by atoms with E-state index in [9.17, 15) is 14.0 Å². The Balaban J connectivity index is 1.08. The van der Waals surface area contributed by atoms with E-state index in [1.54, 1.807) is 24.3 Å². The topological polar surface area (TPSA) is 84.5 Å². The van der Waals surface area contributed by atoms with Crippen LogP contribution >= 0.6 is 0 Å². The van der Waals surface area contributed by atoms with Gasteiger partial charge in [0.05, 0.1) is 11.0 Å². The van der Waals surface area contributed by atoms with Crippen LogP contribution < -0.4 is 5.73 Å². The van der Waals surface area contributed by atoms with Gasteiger partial charge in [-0.25, -0.2) is 9.37 Å². The summed E-state index contributed by atoms with van der Waals surface area (Å²) in [4.78, 5) is 34.9. The minimum absolute atomic E-state index is 0.0779. The van der Waals surface area contributed by atoms with E-state index >= 15 is 0 Å². The van der Waals surface area contributed by atoms with Gasteiger partial charge in [-0.2, -0.15) is 0 Å². The highest BCUT2D eigenvalue weighted by atomic mass is 19.1. The SMILES string of the molecule is Cc1ccc(C(N)=O)cc1C(=O)N1CCC(CCN2[C@@H]3CC[C@H]2CC(n2c(C)nc4ccccc42)C3)(c2cccc(F)c2)CC1. The molecule has 0 saturated carbocycles. The molecule has 2 amide bonds. The molecule has 3 aliphatic rings. The number of nitrogens with zero attached hydrogens (tertiary/aromatic N) is 4. The minimum Gasteiger partial charge on any atom is -0.366 e. The number of aromatic nitrogens is 2. The number of piperidine rings is 2. The molecule has 2 N–H and O–H groups in total. The Kier molecular flexibility index (Phi) is 7.72. The van der Waals surface area contributed by atoms with Crippen molar-refractivity contribution in [3.05, 3.63) is 101 Å². The lowest BCUT2D eigenvalue weighted by Crippen LogP contribution is -2.49. The lowest BCUT2D eigenvalue weighted by molar-refractivity contribution is 0.0606. The number of likely N-dealkylation sites (tertiary alicyclic amines) is 1. The lowest BCUT2D eigenvalue weighted by Gasteiger charge is -2.45. The van der Waals surface area contributed by atoms with Gasteiger partial charge in [-0.1, -0.05) is 30.3 Å². The summed E-state index contributed by atoms with van der Waals surface area (Å²) >= 11 is 0. The third kappa shape index (κ3) is 5.43. The maximum absolute atomic E-state index is 14.6. The molecule has 0 aliphatic carbocycles. The van der Waals surface area contributed by atoms with Crippen LogP contribution in [0.5, 0.6) is 0 Å². The predicted molar refractivity (Wildman–Crippen MR) is 174 cm³/mol. The van der Waals surface area contributed by atoms with Crippen molar-refractivity contribution in [2.24, 2.45) is 5.73 Å². The molecule has 3 fully saturated rings. The van der Waals surface area contributed by atoms with Crippen molar-refractivity contribution in [3.63, 3.8) is 0 Å². The van der Waals surface area contributed by atoms with E-state index in [2.05, 4.69) is 46.7 Å². The van der Waals surface area contributed by atoms with Crippen LogP contribution in [-0.4, -0.2) is 62.9 Å². The zero-order chi connectivity index (χ0) is 31.3. The number of carbonyl (C=O) groups is 2. The zero-order valence-corrected chi connectivity index (χ0v) is 26.2. The van der Waals surface area contributed by atoms with Gasteiger partial charge in [0, 0.05) is 42.3 Å². The molecule has 0 spiro atoms. The Labute approximate surface area is 264 Å². The number of benzene rings is 3. The number of nitrogens with two attached hydrogens (primary N) is 1. The molecule has 3 aromatic carbocycles. The molecule has 3 aliphatic heterocycles. The second kappa shape index (κ2) is 11.7. The largest absolute Gasteiger partial charge is 0.366 e. The number of imidazole rings is 1. The third-order valence-electron chi connectivity index (χ3n) is 11.0. The molecular weight excluding hydrogens is 565 g/mol. The lowest BCUT2D eigenvalue weighted by atomic mass is 9.70. The first-order valence-corrected chi connectivity index (χ1v) is 16.4. The van der Waals surface area contributed by atoms with Crippen LogP contribution in [0.3, 0.4) is 0 Å². The van der Waals surface area contributed by atoms with Crippen LogP contribution in [0.2, 0.25) is 0 Å². The van der Waals surface area contributed by atoms with Gasteiger partial charge in [0.25, 0.3) is 5.91 Å². The van der Waals surface area contributed by atoms with E-state index in [4.69, 9.17) is 10.7 Å². The highest BCUT2D eigenvalue weighted by Gasteiger charge is 2.44. The Morgan fingerprint density at radius 3 is 2.38 bits per heavy atom. The van der Waals surface area contributed by atoms with Crippen molar-refractivity contribution in [2.45, 2.75) is 82.3 Å². The fourth-order valence-corrected chi connectivity index (χ4v) is 8.61.